The number of hydrogen-bond acceptors (Lipinski definition) is 6. The van der Waals surface area contributed by atoms with Crippen molar-refractivity contribution in [3.05, 3.63) is 24.0 Å². The van der Waals surface area contributed by atoms with Gasteiger partial charge in [0.2, 0.25) is 11.8 Å². The second kappa shape index (κ2) is 8.89. The average molecular weight is 417 g/mol. The maximum Gasteiger partial charge on any atom is 0.225 e. The van der Waals surface area contributed by atoms with Crippen LogP contribution in [0.25, 0.3) is 0 Å². The minimum absolute atomic E-state index is 0.117. The Balaban J connectivity index is 1.36. The Labute approximate surface area is 178 Å². The van der Waals surface area contributed by atoms with E-state index in [4.69, 9.17) is 9.47 Å². The molecule has 3 aliphatic heterocycles. The number of amides is 2. The molecule has 4 heterocycles. The molecular weight excluding hydrogens is 384 g/mol. The van der Waals surface area contributed by atoms with Gasteiger partial charge in [-0.25, -0.2) is 0 Å². The molecule has 3 aliphatic rings. The predicted molar refractivity (Wildman–Crippen MR) is 111 cm³/mol. The summed E-state index contributed by atoms with van der Waals surface area (Å²) in [6.07, 6.45) is 4.58. The molecule has 1 aromatic rings. The molecule has 3 fully saturated rings. The lowest BCUT2D eigenvalue weighted by atomic mass is 9.89. The number of ether oxygens (including phenoxy) is 2. The third-order valence-electron chi connectivity index (χ3n) is 6.64. The van der Waals surface area contributed by atoms with Gasteiger partial charge in [0.1, 0.15) is 5.75 Å². The van der Waals surface area contributed by atoms with E-state index in [2.05, 4.69) is 9.88 Å². The zero-order valence-corrected chi connectivity index (χ0v) is 18.0. The maximum atomic E-state index is 12.7. The zero-order valence-electron chi connectivity index (χ0n) is 18.0. The van der Waals surface area contributed by atoms with Crippen LogP contribution in [0, 0.1) is 5.92 Å². The highest BCUT2D eigenvalue weighted by Gasteiger charge is 2.41. The molecule has 1 unspecified atom stereocenters. The second-order valence-corrected chi connectivity index (χ2v) is 8.86. The average Bonchev–Trinajstić information content (AvgIpc) is 2.97. The quantitative estimate of drug-likeness (QED) is 0.717. The van der Waals surface area contributed by atoms with Gasteiger partial charge < -0.3 is 24.2 Å². The zero-order chi connectivity index (χ0) is 21.1. The number of carbonyl (C=O) groups is 2. The van der Waals surface area contributed by atoms with Gasteiger partial charge >= 0.3 is 0 Å². The summed E-state index contributed by atoms with van der Waals surface area (Å²) in [4.78, 5) is 35.1. The first-order valence-corrected chi connectivity index (χ1v) is 10.8. The number of pyridine rings is 1. The summed E-state index contributed by atoms with van der Waals surface area (Å²) in [5.41, 5.74) is 0.538. The largest absolute Gasteiger partial charge is 0.497 e. The number of likely N-dealkylation sites (tertiary alicyclic amines) is 2. The van der Waals surface area contributed by atoms with Crippen LogP contribution in [0.2, 0.25) is 0 Å². The molecule has 8 heteroatoms. The minimum atomic E-state index is -0.288. The smallest absolute Gasteiger partial charge is 0.225 e. The van der Waals surface area contributed by atoms with Crippen LogP contribution in [0.4, 0.5) is 0 Å². The second-order valence-electron chi connectivity index (χ2n) is 8.86. The highest BCUT2D eigenvalue weighted by molar-refractivity contribution is 5.78. The predicted octanol–water partition coefficient (Wildman–Crippen LogP) is 1.15. The third-order valence-corrected chi connectivity index (χ3v) is 6.64. The highest BCUT2D eigenvalue weighted by Crippen LogP contribution is 2.31. The van der Waals surface area contributed by atoms with E-state index in [0.717, 1.165) is 50.5 Å². The molecule has 164 valence electrons. The van der Waals surface area contributed by atoms with Crippen molar-refractivity contribution in [3.63, 3.8) is 0 Å². The van der Waals surface area contributed by atoms with Crippen LogP contribution in [0.5, 0.6) is 5.75 Å². The van der Waals surface area contributed by atoms with E-state index in [0.29, 0.717) is 38.5 Å². The van der Waals surface area contributed by atoms with Crippen molar-refractivity contribution in [2.45, 2.75) is 37.8 Å². The fourth-order valence-corrected chi connectivity index (χ4v) is 4.89. The van der Waals surface area contributed by atoms with E-state index in [1.54, 1.807) is 13.3 Å². The standard InChI is InChI=1S/C22H32N4O4/c1-24-13-17(11-21(24)28)14-25-8-5-22(6-9-25)16-26(20(27)4-10-30-22)15-18-12-19(29-2)3-7-23-18/h3,7,12,17H,4-6,8-11,13-16H2,1-2H3. The van der Waals surface area contributed by atoms with Crippen molar-refractivity contribution in [2.24, 2.45) is 5.92 Å². The van der Waals surface area contributed by atoms with Crippen LogP contribution >= 0.6 is 0 Å². The van der Waals surface area contributed by atoms with Crippen LogP contribution in [0.1, 0.15) is 31.4 Å². The fraction of sp³-hybridized carbons (Fsp3) is 0.682. The summed E-state index contributed by atoms with van der Waals surface area (Å²) < 4.78 is 11.6. The van der Waals surface area contributed by atoms with E-state index in [1.165, 1.54) is 0 Å². The van der Waals surface area contributed by atoms with Gasteiger partial charge in [0.25, 0.3) is 0 Å². The molecule has 1 atom stereocenters. The molecule has 0 saturated carbocycles. The first kappa shape index (κ1) is 21.1. The summed E-state index contributed by atoms with van der Waals surface area (Å²) in [5.74, 6) is 1.54. The molecule has 3 saturated heterocycles. The number of nitrogens with zero attached hydrogens (tertiary/aromatic N) is 4. The fourth-order valence-electron chi connectivity index (χ4n) is 4.89. The minimum Gasteiger partial charge on any atom is -0.497 e. The molecule has 0 N–H and O–H groups in total. The lowest BCUT2D eigenvalue weighted by Gasteiger charge is -2.43. The third kappa shape index (κ3) is 4.75. The van der Waals surface area contributed by atoms with E-state index in [-0.39, 0.29) is 17.4 Å². The Bertz CT molecular complexity index is 778. The molecular formula is C22H32N4O4. The number of carbonyl (C=O) groups excluding carboxylic acids is 2. The number of aromatic nitrogens is 1. The van der Waals surface area contributed by atoms with Gasteiger partial charge in [0, 0.05) is 51.9 Å². The lowest BCUT2D eigenvalue weighted by Crippen LogP contribution is -2.52. The van der Waals surface area contributed by atoms with Crippen molar-refractivity contribution >= 4 is 11.8 Å². The monoisotopic (exact) mass is 416 g/mol. The Morgan fingerprint density at radius 3 is 2.77 bits per heavy atom. The van der Waals surface area contributed by atoms with Crippen LogP contribution in [-0.2, 0) is 20.9 Å². The van der Waals surface area contributed by atoms with Crippen LogP contribution in [-0.4, -0.2) is 90.6 Å². The normalized spacial score (nSPS) is 25.1. The SMILES string of the molecule is COc1ccnc(CN2CC3(CCN(CC4CC(=O)N(C)C4)CC3)OCCC2=O)c1. The van der Waals surface area contributed by atoms with Crippen LogP contribution in [0.3, 0.4) is 0 Å². The number of methoxy groups -OCH3 is 1. The lowest BCUT2D eigenvalue weighted by molar-refractivity contribution is -0.132. The van der Waals surface area contributed by atoms with Gasteiger partial charge in [-0.3, -0.25) is 14.6 Å². The first-order valence-electron chi connectivity index (χ1n) is 10.8. The Morgan fingerprint density at radius 1 is 1.27 bits per heavy atom. The number of piperidine rings is 1. The first-order chi connectivity index (χ1) is 14.5. The van der Waals surface area contributed by atoms with E-state index in [1.807, 2.05) is 29.0 Å². The topological polar surface area (TPSA) is 75.2 Å². The molecule has 1 spiro atoms. The number of hydrogen-bond donors (Lipinski definition) is 0. The summed E-state index contributed by atoms with van der Waals surface area (Å²) in [6, 6.07) is 3.69. The summed E-state index contributed by atoms with van der Waals surface area (Å²) in [7, 11) is 3.52. The molecule has 4 rings (SSSR count). The molecule has 2 amide bonds. The van der Waals surface area contributed by atoms with Gasteiger partial charge in [-0.2, -0.15) is 0 Å². The van der Waals surface area contributed by atoms with Crippen LogP contribution < -0.4 is 4.74 Å². The van der Waals surface area contributed by atoms with Gasteiger partial charge in [0.05, 0.1) is 44.5 Å². The Morgan fingerprint density at radius 2 is 2.07 bits per heavy atom. The molecule has 0 aliphatic carbocycles. The number of rotatable bonds is 5. The Hall–Kier alpha value is -2.19. The molecule has 30 heavy (non-hydrogen) atoms. The summed E-state index contributed by atoms with van der Waals surface area (Å²) in [6.45, 7) is 5.24. The van der Waals surface area contributed by atoms with Crippen molar-refractivity contribution in [3.8, 4) is 5.75 Å². The van der Waals surface area contributed by atoms with Crippen molar-refractivity contribution in [1.29, 1.82) is 0 Å². The summed E-state index contributed by atoms with van der Waals surface area (Å²) in [5, 5.41) is 0. The molecule has 0 aromatic carbocycles. The maximum absolute atomic E-state index is 12.7. The Kier molecular flexibility index (Phi) is 6.24. The molecule has 8 nitrogen and oxygen atoms in total. The molecule has 0 bridgehead atoms. The van der Waals surface area contributed by atoms with Gasteiger partial charge in [0.15, 0.2) is 0 Å². The van der Waals surface area contributed by atoms with Crippen LogP contribution in [0.15, 0.2) is 18.3 Å². The van der Waals surface area contributed by atoms with E-state index >= 15 is 0 Å². The molecule has 1 aromatic heterocycles. The van der Waals surface area contributed by atoms with Crippen molar-refractivity contribution in [1.82, 2.24) is 19.7 Å². The van der Waals surface area contributed by atoms with E-state index in [9.17, 15) is 9.59 Å². The van der Waals surface area contributed by atoms with Crippen molar-refractivity contribution < 1.29 is 19.1 Å². The summed E-state index contributed by atoms with van der Waals surface area (Å²) >= 11 is 0. The van der Waals surface area contributed by atoms with Gasteiger partial charge in [-0.1, -0.05) is 0 Å². The highest BCUT2D eigenvalue weighted by atomic mass is 16.5. The van der Waals surface area contributed by atoms with Gasteiger partial charge in [-0.05, 0) is 24.8 Å². The van der Waals surface area contributed by atoms with E-state index < -0.39 is 0 Å². The van der Waals surface area contributed by atoms with Crippen molar-refractivity contribution in [2.75, 3.05) is 53.5 Å². The van der Waals surface area contributed by atoms with Gasteiger partial charge in [-0.15, -0.1) is 0 Å². The molecule has 0 radical (unpaired) electrons.